The highest BCUT2D eigenvalue weighted by atomic mass is 16.5. The van der Waals surface area contributed by atoms with Gasteiger partial charge in [0.15, 0.2) is 0 Å². The third-order valence-corrected chi connectivity index (χ3v) is 7.45. The number of carbonyl (C=O) groups excluding carboxylic acids is 1. The second kappa shape index (κ2) is 10.7. The molecule has 1 aliphatic carbocycles. The number of fused-ring (bicyclic) bond motifs is 1. The Morgan fingerprint density at radius 2 is 1.89 bits per heavy atom. The highest BCUT2D eigenvalue weighted by molar-refractivity contribution is 6.10. The van der Waals surface area contributed by atoms with Crippen molar-refractivity contribution in [2.75, 3.05) is 25.1 Å². The highest BCUT2D eigenvalue weighted by Gasteiger charge is 2.39. The largest absolute Gasteiger partial charge is 0.497 e. The second-order valence-electron chi connectivity index (χ2n) is 10.0. The van der Waals surface area contributed by atoms with Crippen LogP contribution in [0.4, 0.5) is 5.69 Å². The van der Waals surface area contributed by atoms with E-state index in [4.69, 9.17) is 14.9 Å². The molecule has 1 saturated carbocycles. The van der Waals surface area contributed by atoms with Crippen molar-refractivity contribution in [1.82, 2.24) is 10.6 Å². The zero-order chi connectivity index (χ0) is 25.1. The summed E-state index contributed by atoms with van der Waals surface area (Å²) in [5.41, 5.74) is 3.56. The third kappa shape index (κ3) is 5.12. The molecule has 0 unspecified atom stereocenters. The number of carbonyl (C=O) groups is 1. The van der Waals surface area contributed by atoms with Gasteiger partial charge in [-0.3, -0.25) is 4.79 Å². The van der Waals surface area contributed by atoms with Crippen molar-refractivity contribution >= 4 is 23.4 Å². The molecule has 2 heterocycles. The quantitative estimate of drug-likeness (QED) is 0.460. The smallest absolute Gasteiger partial charge is 0.230 e. The van der Waals surface area contributed by atoms with Crippen molar-refractivity contribution in [2.24, 2.45) is 5.92 Å². The van der Waals surface area contributed by atoms with Gasteiger partial charge in [-0.1, -0.05) is 6.07 Å². The fraction of sp³-hybridized carbons (Fsp3) is 0.448. The summed E-state index contributed by atoms with van der Waals surface area (Å²) in [6.45, 7) is 4.13. The summed E-state index contributed by atoms with van der Waals surface area (Å²) < 4.78 is 12.0. The summed E-state index contributed by atoms with van der Waals surface area (Å²) >= 11 is 0. The first-order valence-corrected chi connectivity index (χ1v) is 13.1. The van der Waals surface area contributed by atoms with Crippen LogP contribution in [0.15, 0.2) is 42.6 Å². The summed E-state index contributed by atoms with van der Waals surface area (Å²) in [5.74, 6) is 2.46. The molecule has 190 valence electrons. The van der Waals surface area contributed by atoms with Gasteiger partial charge >= 0.3 is 0 Å². The maximum absolute atomic E-state index is 13.2. The van der Waals surface area contributed by atoms with E-state index in [2.05, 4.69) is 17.6 Å². The summed E-state index contributed by atoms with van der Waals surface area (Å²) in [4.78, 5) is 15.2. The lowest BCUT2D eigenvalue weighted by Crippen LogP contribution is -2.43. The molecule has 0 bridgehead atoms. The number of nitrogens with one attached hydrogen (secondary N) is 3. The molecule has 0 aromatic heterocycles. The number of benzene rings is 2. The molecule has 3 aliphatic rings. The van der Waals surface area contributed by atoms with Gasteiger partial charge in [0.05, 0.1) is 12.8 Å². The molecule has 2 aliphatic heterocycles. The molecule has 3 N–H and O–H groups in total. The van der Waals surface area contributed by atoms with Gasteiger partial charge < -0.3 is 30.4 Å². The van der Waals surface area contributed by atoms with Crippen molar-refractivity contribution in [3.8, 4) is 17.2 Å². The fourth-order valence-corrected chi connectivity index (χ4v) is 5.19. The minimum Gasteiger partial charge on any atom is -0.497 e. The predicted molar refractivity (Wildman–Crippen MR) is 143 cm³/mol. The van der Waals surface area contributed by atoms with E-state index < -0.39 is 0 Å². The highest BCUT2D eigenvalue weighted by Crippen LogP contribution is 2.45. The third-order valence-electron chi connectivity index (χ3n) is 7.45. The van der Waals surface area contributed by atoms with Crippen LogP contribution in [0, 0.1) is 11.3 Å². The lowest BCUT2D eigenvalue weighted by Gasteiger charge is -2.37. The molecule has 1 amide bonds. The second-order valence-corrected chi connectivity index (χ2v) is 10.0. The molecule has 0 spiro atoms. The number of ether oxygens (including phenoxy) is 2. The number of anilines is 1. The minimum absolute atomic E-state index is 0.145. The van der Waals surface area contributed by atoms with E-state index in [1.54, 1.807) is 7.11 Å². The topological polar surface area (TPSA) is 86.7 Å². The first-order chi connectivity index (χ1) is 17.6. The summed E-state index contributed by atoms with van der Waals surface area (Å²) in [7, 11) is 1.64. The van der Waals surface area contributed by atoms with E-state index in [0.29, 0.717) is 23.3 Å². The molecule has 2 aromatic rings. The first kappa shape index (κ1) is 24.4. The van der Waals surface area contributed by atoms with Crippen LogP contribution in [0.2, 0.25) is 0 Å². The average Bonchev–Trinajstić information content (AvgIpc) is 3.76. The predicted octanol–water partition coefficient (Wildman–Crippen LogP) is 4.90. The number of nitrogens with zero attached hydrogens (tertiary/aromatic N) is 1. The molecular formula is C29H36N4O3. The fourth-order valence-electron chi connectivity index (χ4n) is 5.19. The van der Waals surface area contributed by atoms with Crippen molar-refractivity contribution in [2.45, 2.75) is 57.5 Å². The zero-order valence-electron chi connectivity index (χ0n) is 21.2. The Morgan fingerprint density at radius 3 is 2.61 bits per heavy atom. The maximum atomic E-state index is 13.2. The molecule has 7 nitrogen and oxygen atoms in total. The van der Waals surface area contributed by atoms with Crippen molar-refractivity contribution in [3.63, 3.8) is 0 Å². The van der Waals surface area contributed by atoms with Crippen molar-refractivity contribution < 1.29 is 14.3 Å². The van der Waals surface area contributed by atoms with E-state index in [-0.39, 0.29) is 17.9 Å². The average molecular weight is 489 g/mol. The van der Waals surface area contributed by atoms with Crippen LogP contribution in [-0.2, 0) is 11.2 Å². The summed E-state index contributed by atoms with van der Waals surface area (Å²) in [5, 5.41) is 15.1. The van der Waals surface area contributed by atoms with Gasteiger partial charge in [0.2, 0.25) is 5.91 Å². The lowest BCUT2D eigenvalue weighted by molar-refractivity contribution is -0.120. The number of piperidine rings is 1. The van der Waals surface area contributed by atoms with E-state index in [1.807, 2.05) is 47.5 Å². The van der Waals surface area contributed by atoms with Gasteiger partial charge in [-0.05, 0) is 82.8 Å². The maximum Gasteiger partial charge on any atom is 0.230 e. The number of rotatable bonds is 8. The van der Waals surface area contributed by atoms with Gasteiger partial charge in [0.1, 0.15) is 17.2 Å². The number of hydrogen-bond donors (Lipinski definition) is 3. The molecule has 2 aromatic carbocycles. The number of methoxy groups -OCH3 is 1. The Hall–Kier alpha value is -3.32. The normalized spacial score (nSPS) is 20.4. The van der Waals surface area contributed by atoms with Crippen LogP contribution < -0.4 is 25.0 Å². The van der Waals surface area contributed by atoms with Crippen LogP contribution in [0.25, 0.3) is 5.57 Å². The van der Waals surface area contributed by atoms with Crippen LogP contribution in [0.1, 0.15) is 50.2 Å². The molecule has 5 rings (SSSR count). The van der Waals surface area contributed by atoms with Gasteiger partial charge in [0, 0.05) is 53.2 Å². The van der Waals surface area contributed by atoms with E-state index >= 15 is 0 Å². The van der Waals surface area contributed by atoms with E-state index in [9.17, 15) is 4.79 Å². The molecular weight excluding hydrogens is 452 g/mol. The Morgan fingerprint density at radius 1 is 1.11 bits per heavy atom. The summed E-state index contributed by atoms with van der Waals surface area (Å²) in [6, 6.07) is 12.1. The van der Waals surface area contributed by atoms with Crippen molar-refractivity contribution in [3.05, 3.63) is 53.7 Å². The summed E-state index contributed by atoms with van der Waals surface area (Å²) in [6.07, 6.45) is 9.07. The van der Waals surface area contributed by atoms with E-state index in [1.165, 1.54) is 6.21 Å². The monoisotopic (exact) mass is 488 g/mol. The Kier molecular flexibility index (Phi) is 7.28. The molecule has 7 heteroatoms. The first-order valence-electron chi connectivity index (χ1n) is 13.1. The SMILES string of the molecule is COc1cccc(Oc2c(/C(C=N)=C/NC3CCNCC3)ccc3c2CC[C@H](C)N3C(=O)C2CC2)c1. The number of hydrogen-bond acceptors (Lipinski definition) is 6. The Bertz CT molecular complexity index is 1150. The molecule has 1 saturated heterocycles. The van der Waals surface area contributed by atoms with Gasteiger partial charge in [-0.25, -0.2) is 0 Å². The molecule has 36 heavy (non-hydrogen) atoms. The zero-order valence-corrected chi connectivity index (χ0v) is 21.2. The Labute approximate surface area is 213 Å². The minimum atomic E-state index is 0.145. The van der Waals surface area contributed by atoms with Crippen LogP contribution in [-0.4, -0.2) is 44.4 Å². The van der Waals surface area contributed by atoms with Crippen LogP contribution in [0.5, 0.6) is 17.2 Å². The Balaban J connectivity index is 1.56. The molecule has 1 atom stereocenters. The van der Waals surface area contributed by atoms with Crippen molar-refractivity contribution in [1.29, 1.82) is 5.41 Å². The van der Waals surface area contributed by atoms with Gasteiger partial charge in [0.25, 0.3) is 0 Å². The lowest BCUT2D eigenvalue weighted by atomic mass is 9.91. The van der Waals surface area contributed by atoms with E-state index in [0.717, 1.165) is 74.0 Å². The van der Waals surface area contributed by atoms with Gasteiger partial charge in [-0.2, -0.15) is 0 Å². The van der Waals surface area contributed by atoms with Crippen LogP contribution in [0.3, 0.4) is 0 Å². The number of amides is 1. The molecule has 2 fully saturated rings. The molecule has 0 radical (unpaired) electrons. The van der Waals surface area contributed by atoms with Gasteiger partial charge in [-0.15, -0.1) is 0 Å². The standard InChI is InChI=1S/C29H36N4O3/c1-19-6-9-26-27(33(19)29(34)20-7-8-20)11-10-25(21(17-30)18-32-22-12-14-31-15-13-22)28(26)36-24-5-3-4-23(16-24)35-2/h3-5,10-11,16-20,22,30-32H,6-9,12-15H2,1-2H3/b21-18+,30-17?/t19-/m0/s1. The van der Waals surface area contributed by atoms with Crippen LogP contribution >= 0.6 is 0 Å². The number of allylic oxidation sites excluding steroid dienone is 1.